The second-order valence-electron chi connectivity index (χ2n) is 5.70. The predicted molar refractivity (Wildman–Crippen MR) is 86.9 cm³/mol. The number of urea groups is 1. The summed E-state index contributed by atoms with van der Waals surface area (Å²) in [5.74, 6) is 0. The van der Waals surface area contributed by atoms with E-state index < -0.39 is 12.7 Å². The number of carbonyl (C=O) groups is 1. The molecule has 1 aromatic rings. The lowest BCUT2D eigenvalue weighted by atomic mass is 10.1. The van der Waals surface area contributed by atoms with Gasteiger partial charge >= 0.3 is 12.2 Å². The summed E-state index contributed by atoms with van der Waals surface area (Å²) in [6, 6.07) is 1.64. The Morgan fingerprint density at radius 2 is 2.04 bits per heavy atom. The van der Waals surface area contributed by atoms with Gasteiger partial charge in [-0.15, -0.1) is 11.3 Å². The zero-order chi connectivity index (χ0) is 17.6. The molecule has 0 aliphatic rings. The minimum absolute atomic E-state index is 0.104. The van der Waals surface area contributed by atoms with E-state index in [9.17, 15) is 18.0 Å². The van der Waals surface area contributed by atoms with E-state index in [4.69, 9.17) is 0 Å². The van der Waals surface area contributed by atoms with Crippen molar-refractivity contribution in [3.05, 3.63) is 21.4 Å². The summed E-state index contributed by atoms with van der Waals surface area (Å²) in [6.45, 7) is 5.61. The van der Waals surface area contributed by atoms with Crippen LogP contribution in [0.1, 0.15) is 34.7 Å². The number of nitrogens with one attached hydrogen (secondary N) is 2. The molecular weight excluding hydrogens is 327 g/mol. The summed E-state index contributed by atoms with van der Waals surface area (Å²) in [4.78, 5) is 15.4. The van der Waals surface area contributed by atoms with Gasteiger partial charge in [-0.2, -0.15) is 13.2 Å². The van der Waals surface area contributed by atoms with Crippen LogP contribution in [0.2, 0.25) is 0 Å². The van der Waals surface area contributed by atoms with Crippen LogP contribution in [0.4, 0.5) is 18.0 Å². The first-order chi connectivity index (χ1) is 10.6. The third-order valence-corrected chi connectivity index (χ3v) is 4.33. The van der Waals surface area contributed by atoms with Crippen molar-refractivity contribution in [2.45, 2.75) is 39.4 Å². The zero-order valence-electron chi connectivity index (χ0n) is 13.9. The van der Waals surface area contributed by atoms with E-state index in [2.05, 4.69) is 16.7 Å². The van der Waals surface area contributed by atoms with Crippen LogP contribution in [0, 0.1) is 13.8 Å². The van der Waals surface area contributed by atoms with Crippen molar-refractivity contribution < 1.29 is 18.0 Å². The van der Waals surface area contributed by atoms with Crippen LogP contribution >= 0.6 is 11.3 Å². The molecule has 0 fully saturated rings. The van der Waals surface area contributed by atoms with E-state index in [1.54, 1.807) is 11.3 Å². The molecule has 2 N–H and O–H groups in total. The number of rotatable bonds is 7. The number of carbonyl (C=O) groups excluding carboxylic acids is 1. The fourth-order valence-electron chi connectivity index (χ4n) is 2.34. The van der Waals surface area contributed by atoms with Crippen LogP contribution in [-0.2, 0) is 0 Å². The van der Waals surface area contributed by atoms with E-state index in [0.717, 1.165) is 5.56 Å². The fourth-order valence-corrected chi connectivity index (χ4v) is 3.36. The number of aryl methyl sites for hydroxylation is 2. The molecule has 23 heavy (non-hydrogen) atoms. The molecule has 1 heterocycles. The maximum absolute atomic E-state index is 12.2. The fraction of sp³-hybridized carbons (Fsp3) is 0.667. The quantitative estimate of drug-likeness (QED) is 0.737. The maximum atomic E-state index is 12.2. The van der Waals surface area contributed by atoms with Crippen LogP contribution in [0.3, 0.4) is 0 Å². The molecule has 132 valence electrons. The number of nitrogens with zero attached hydrogens (tertiary/aromatic N) is 1. The van der Waals surface area contributed by atoms with Crippen molar-refractivity contribution in [2.24, 2.45) is 0 Å². The number of halogens is 3. The van der Waals surface area contributed by atoms with Crippen molar-refractivity contribution in [3.63, 3.8) is 0 Å². The van der Waals surface area contributed by atoms with E-state index in [-0.39, 0.29) is 18.6 Å². The SMILES string of the molecule is Cc1cc(C(C)NC(=O)NCCCN(C)CC(F)(F)F)c(C)s1. The van der Waals surface area contributed by atoms with Gasteiger partial charge in [-0.25, -0.2) is 4.79 Å². The molecule has 0 aliphatic carbocycles. The number of hydrogen-bond acceptors (Lipinski definition) is 3. The van der Waals surface area contributed by atoms with Gasteiger partial charge in [0, 0.05) is 16.3 Å². The predicted octanol–water partition coefficient (Wildman–Crippen LogP) is 3.61. The van der Waals surface area contributed by atoms with Gasteiger partial charge in [0.15, 0.2) is 0 Å². The number of thiophene rings is 1. The second-order valence-corrected chi connectivity index (χ2v) is 7.16. The smallest absolute Gasteiger partial charge is 0.338 e. The Kier molecular flexibility index (Phi) is 7.34. The minimum Gasteiger partial charge on any atom is -0.338 e. The number of alkyl halides is 3. The minimum atomic E-state index is -4.19. The third kappa shape index (κ3) is 7.69. The lowest BCUT2D eigenvalue weighted by Gasteiger charge is -2.19. The average Bonchev–Trinajstić information content (AvgIpc) is 2.71. The van der Waals surface area contributed by atoms with Gasteiger partial charge in [-0.3, -0.25) is 4.90 Å². The van der Waals surface area contributed by atoms with Crippen LogP contribution in [0.25, 0.3) is 0 Å². The van der Waals surface area contributed by atoms with Gasteiger partial charge in [0.2, 0.25) is 0 Å². The summed E-state index contributed by atoms with van der Waals surface area (Å²) >= 11 is 1.68. The van der Waals surface area contributed by atoms with Crippen molar-refractivity contribution in [1.82, 2.24) is 15.5 Å². The highest BCUT2D eigenvalue weighted by Gasteiger charge is 2.28. The summed E-state index contributed by atoms with van der Waals surface area (Å²) < 4.78 is 36.5. The maximum Gasteiger partial charge on any atom is 0.401 e. The summed E-state index contributed by atoms with van der Waals surface area (Å²) in [5, 5.41) is 5.51. The molecule has 0 saturated heterocycles. The number of hydrogen-bond donors (Lipinski definition) is 2. The van der Waals surface area contributed by atoms with Crippen molar-refractivity contribution in [1.29, 1.82) is 0 Å². The van der Waals surface area contributed by atoms with E-state index in [0.29, 0.717) is 13.0 Å². The average molecular weight is 351 g/mol. The zero-order valence-corrected chi connectivity index (χ0v) is 14.7. The summed E-state index contributed by atoms with van der Waals surface area (Å²) in [7, 11) is 1.41. The van der Waals surface area contributed by atoms with Gasteiger partial charge in [-0.05, 0) is 52.4 Å². The standard InChI is InChI=1S/C15H24F3N3OS/c1-10-8-13(12(3)23-10)11(2)20-14(22)19-6-5-7-21(4)9-15(16,17)18/h8,11H,5-7,9H2,1-4H3,(H2,19,20,22). The Labute approximate surface area is 139 Å². The molecule has 1 aromatic heterocycles. The molecule has 4 nitrogen and oxygen atoms in total. The Balaban J connectivity index is 2.26. The molecule has 0 saturated carbocycles. The van der Waals surface area contributed by atoms with Crippen LogP contribution in [0.5, 0.6) is 0 Å². The molecular formula is C15H24F3N3OS. The van der Waals surface area contributed by atoms with Crippen molar-refractivity contribution >= 4 is 17.4 Å². The monoisotopic (exact) mass is 351 g/mol. The molecule has 1 unspecified atom stereocenters. The molecule has 0 radical (unpaired) electrons. The second kappa shape index (κ2) is 8.54. The molecule has 0 aliphatic heterocycles. The van der Waals surface area contributed by atoms with Gasteiger partial charge < -0.3 is 10.6 Å². The van der Waals surface area contributed by atoms with Crippen molar-refractivity contribution in [2.75, 3.05) is 26.7 Å². The summed E-state index contributed by atoms with van der Waals surface area (Å²) in [6.07, 6.45) is -3.73. The van der Waals surface area contributed by atoms with Crippen LogP contribution in [-0.4, -0.2) is 43.8 Å². The largest absolute Gasteiger partial charge is 0.401 e. The van der Waals surface area contributed by atoms with E-state index >= 15 is 0 Å². The lowest BCUT2D eigenvalue weighted by molar-refractivity contribution is -0.143. The molecule has 0 aromatic carbocycles. The molecule has 8 heteroatoms. The van der Waals surface area contributed by atoms with E-state index in [1.165, 1.54) is 21.7 Å². The molecule has 2 amide bonds. The van der Waals surface area contributed by atoms with Crippen LogP contribution < -0.4 is 10.6 Å². The third-order valence-electron chi connectivity index (χ3n) is 3.34. The highest BCUT2D eigenvalue weighted by molar-refractivity contribution is 7.12. The normalized spacial score (nSPS) is 13.2. The van der Waals surface area contributed by atoms with Gasteiger partial charge in [0.1, 0.15) is 0 Å². The Morgan fingerprint density at radius 3 is 2.57 bits per heavy atom. The van der Waals surface area contributed by atoms with Gasteiger partial charge in [-0.1, -0.05) is 0 Å². The molecule has 0 spiro atoms. The van der Waals surface area contributed by atoms with Gasteiger partial charge in [0.05, 0.1) is 12.6 Å². The molecule has 1 atom stereocenters. The first-order valence-electron chi connectivity index (χ1n) is 7.45. The first-order valence-corrected chi connectivity index (χ1v) is 8.26. The first kappa shape index (κ1) is 19.8. The summed E-state index contributed by atoms with van der Waals surface area (Å²) in [5.41, 5.74) is 1.09. The Morgan fingerprint density at radius 1 is 1.39 bits per heavy atom. The van der Waals surface area contributed by atoms with E-state index in [1.807, 2.05) is 20.8 Å². The lowest BCUT2D eigenvalue weighted by Crippen LogP contribution is -2.39. The molecule has 0 bridgehead atoms. The highest BCUT2D eigenvalue weighted by atomic mass is 32.1. The Bertz CT molecular complexity index is 517. The Hall–Kier alpha value is -1.28. The highest BCUT2D eigenvalue weighted by Crippen LogP contribution is 2.25. The number of amides is 2. The van der Waals surface area contributed by atoms with Crippen molar-refractivity contribution in [3.8, 4) is 0 Å². The topological polar surface area (TPSA) is 44.4 Å². The van der Waals surface area contributed by atoms with Crippen LogP contribution in [0.15, 0.2) is 6.07 Å². The van der Waals surface area contributed by atoms with Gasteiger partial charge in [0.25, 0.3) is 0 Å². The molecule has 1 rings (SSSR count).